The molecule has 4 atom stereocenters. The summed E-state index contributed by atoms with van der Waals surface area (Å²) in [5, 5.41) is 43.6. The minimum Gasteiger partial charge on any atom is -0.394 e. The van der Waals surface area contributed by atoms with Crippen LogP contribution in [0.5, 0.6) is 0 Å². The number of hydrogen-bond donors (Lipinski definition) is 5. The third-order valence-corrected chi connectivity index (χ3v) is 11.6. The zero-order chi connectivity index (χ0) is 41.7. The van der Waals surface area contributed by atoms with Gasteiger partial charge in [0.25, 0.3) is 0 Å². The number of allylic oxidation sites excluding steroid dienone is 6. The minimum absolute atomic E-state index is 0.344. The fourth-order valence-electron chi connectivity index (χ4n) is 7.58. The van der Waals surface area contributed by atoms with E-state index in [1.807, 2.05) is 0 Å². The monoisotopic (exact) mass is 804 g/mol. The maximum atomic E-state index is 12.4. The van der Waals surface area contributed by atoms with Gasteiger partial charge in [0.15, 0.2) is 0 Å². The van der Waals surface area contributed by atoms with Gasteiger partial charge in [0.05, 0.1) is 18.8 Å². The largest absolute Gasteiger partial charge is 0.394 e. The van der Waals surface area contributed by atoms with Gasteiger partial charge in [-0.1, -0.05) is 217 Å². The van der Waals surface area contributed by atoms with E-state index in [4.69, 9.17) is 0 Å². The van der Waals surface area contributed by atoms with Crippen LogP contribution >= 0.6 is 0 Å². The van der Waals surface area contributed by atoms with Crippen molar-refractivity contribution in [1.82, 2.24) is 5.32 Å². The third-order valence-electron chi connectivity index (χ3n) is 11.6. The molecular formula is C51H97NO5. The van der Waals surface area contributed by atoms with Crippen LogP contribution in [-0.4, -0.2) is 57.3 Å². The molecule has 5 N–H and O–H groups in total. The van der Waals surface area contributed by atoms with Crippen LogP contribution in [0.1, 0.15) is 251 Å². The smallest absolute Gasteiger partial charge is 0.249 e. The first kappa shape index (κ1) is 55.5. The van der Waals surface area contributed by atoms with Gasteiger partial charge in [-0.2, -0.15) is 0 Å². The van der Waals surface area contributed by atoms with Crippen molar-refractivity contribution >= 4 is 5.91 Å². The van der Waals surface area contributed by atoms with E-state index in [2.05, 4.69) is 55.6 Å². The van der Waals surface area contributed by atoms with Gasteiger partial charge >= 0.3 is 0 Å². The molecule has 4 unspecified atom stereocenters. The molecule has 0 aromatic carbocycles. The van der Waals surface area contributed by atoms with E-state index in [9.17, 15) is 25.2 Å². The molecule has 0 saturated carbocycles. The lowest BCUT2D eigenvalue weighted by molar-refractivity contribution is -0.132. The number of unbranched alkanes of at least 4 members (excludes halogenated alkanes) is 30. The Balaban J connectivity index is 3.64. The summed E-state index contributed by atoms with van der Waals surface area (Å²) in [4.78, 5) is 12.4. The van der Waals surface area contributed by atoms with Crippen LogP contribution in [0, 0.1) is 0 Å². The standard InChI is InChI=1S/C51H97NO5/c1-3-5-7-9-11-13-15-16-17-18-19-20-21-22-23-24-25-26-27-28-29-30-31-32-33-34-35-37-38-40-42-44-48(54)50(56)47(46-53)52-51(57)49(55)45-43-41-39-36-14-12-10-8-6-4-2/h10,12,32-33,37-38,47-50,53-56H,3-9,11,13-31,34-36,39-46H2,1-2H3,(H,52,57)/b12-10-,33-32+,38-37+. The normalized spacial score (nSPS) is 14.3. The average Bonchev–Trinajstić information content (AvgIpc) is 3.22. The Morgan fingerprint density at radius 3 is 1.16 bits per heavy atom. The molecule has 57 heavy (non-hydrogen) atoms. The van der Waals surface area contributed by atoms with Gasteiger partial charge in [0, 0.05) is 0 Å². The molecular weight excluding hydrogens is 707 g/mol. The van der Waals surface area contributed by atoms with Gasteiger partial charge in [-0.15, -0.1) is 0 Å². The quantitative estimate of drug-likeness (QED) is 0.0311. The second-order valence-electron chi connectivity index (χ2n) is 17.1. The Kier molecular flexibility index (Phi) is 44.4. The maximum absolute atomic E-state index is 12.4. The van der Waals surface area contributed by atoms with Gasteiger partial charge in [0.1, 0.15) is 12.2 Å². The predicted molar refractivity (Wildman–Crippen MR) is 247 cm³/mol. The zero-order valence-electron chi connectivity index (χ0n) is 37.8. The van der Waals surface area contributed by atoms with E-state index >= 15 is 0 Å². The molecule has 1 amide bonds. The Morgan fingerprint density at radius 2 is 0.754 bits per heavy atom. The van der Waals surface area contributed by atoms with Crippen molar-refractivity contribution in [3.05, 3.63) is 36.5 Å². The lowest BCUT2D eigenvalue weighted by atomic mass is 10.00. The highest BCUT2D eigenvalue weighted by molar-refractivity contribution is 5.80. The van der Waals surface area contributed by atoms with Crippen LogP contribution in [0.2, 0.25) is 0 Å². The highest BCUT2D eigenvalue weighted by Crippen LogP contribution is 2.16. The Bertz CT molecular complexity index is 904. The summed E-state index contributed by atoms with van der Waals surface area (Å²) in [5.74, 6) is -0.609. The van der Waals surface area contributed by atoms with Crippen LogP contribution in [0.15, 0.2) is 36.5 Å². The number of hydrogen-bond acceptors (Lipinski definition) is 5. The Hall–Kier alpha value is -1.47. The predicted octanol–water partition coefficient (Wildman–Crippen LogP) is 13.7. The first-order chi connectivity index (χ1) is 28.0. The van der Waals surface area contributed by atoms with Crippen LogP contribution in [0.4, 0.5) is 0 Å². The van der Waals surface area contributed by atoms with Crippen molar-refractivity contribution in [1.29, 1.82) is 0 Å². The summed E-state index contributed by atoms with van der Waals surface area (Å²) in [5.41, 5.74) is 0. The molecule has 6 heteroatoms. The van der Waals surface area contributed by atoms with E-state index in [-0.39, 0.29) is 0 Å². The van der Waals surface area contributed by atoms with Gasteiger partial charge < -0.3 is 25.7 Å². The SMILES string of the molecule is CCCC/C=C\CCCCCCC(O)C(=O)NC(CO)C(O)C(O)CCC/C=C/CC/C=C/CCCCCCCCCCCCCCCCCCCCCCCC. The lowest BCUT2D eigenvalue weighted by Gasteiger charge is -2.27. The van der Waals surface area contributed by atoms with E-state index in [1.165, 1.54) is 161 Å². The molecule has 336 valence electrons. The van der Waals surface area contributed by atoms with Crippen LogP contribution < -0.4 is 5.32 Å². The number of rotatable bonds is 45. The molecule has 6 nitrogen and oxygen atoms in total. The Labute approximate surface area is 354 Å². The molecule has 0 radical (unpaired) electrons. The van der Waals surface area contributed by atoms with Gasteiger partial charge in [-0.25, -0.2) is 0 Å². The summed E-state index contributed by atoms with van der Waals surface area (Å²) in [7, 11) is 0. The van der Waals surface area contributed by atoms with E-state index in [0.717, 1.165) is 57.8 Å². The molecule has 0 spiro atoms. The first-order valence-electron chi connectivity index (χ1n) is 24.9. The van der Waals surface area contributed by atoms with Crippen LogP contribution in [0.25, 0.3) is 0 Å². The third kappa shape index (κ3) is 39.7. The molecule has 0 heterocycles. The highest BCUT2D eigenvalue weighted by Gasteiger charge is 2.28. The summed E-state index contributed by atoms with van der Waals surface area (Å²) in [6.45, 7) is 3.99. The lowest BCUT2D eigenvalue weighted by Crippen LogP contribution is -2.53. The van der Waals surface area contributed by atoms with Crippen molar-refractivity contribution in [2.24, 2.45) is 0 Å². The summed E-state index contributed by atoms with van der Waals surface area (Å²) >= 11 is 0. The van der Waals surface area contributed by atoms with Gasteiger partial charge in [0.2, 0.25) is 5.91 Å². The zero-order valence-corrected chi connectivity index (χ0v) is 37.8. The summed E-state index contributed by atoms with van der Waals surface area (Å²) < 4.78 is 0. The summed E-state index contributed by atoms with van der Waals surface area (Å²) in [6.07, 6.45) is 55.1. The van der Waals surface area contributed by atoms with E-state index in [1.54, 1.807) is 0 Å². The van der Waals surface area contributed by atoms with Gasteiger partial charge in [-0.05, 0) is 70.6 Å². The fraction of sp³-hybridized carbons (Fsp3) is 0.863. The number of nitrogens with one attached hydrogen (secondary N) is 1. The number of amides is 1. The summed E-state index contributed by atoms with van der Waals surface area (Å²) in [6, 6.07) is -1.01. The van der Waals surface area contributed by atoms with Crippen LogP contribution in [-0.2, 0) is 4.79 Å². The average molecular weight is 804 g/mol. The van der Waals surface area contributed by atoms with E-state index in [0.29, 0.717) is 19.3 Å². The van der Waals surface area contributed by atoms with Crippen molar-refractivity contribution in [3.63, 3.8) is 0 Å². The molecule has 0 aliphatic heterocycles. The molecule has 0 saturated heterocycles. The van der Waals surface area contributed by atoms with Crippen molar-refractivity contribution in [2.45, 2.75) is 276 Å². The Morgan fingerprint density at radius 1 is 0.421 bits per heavy atom. The molecule has 0 fully saturated rings. The van der Waals surface area contributed by atoms with Crippen LogP contribution in [0.3, 0.4) is 0 Å². The van der Waals surface area contributed by atoms with Gasteiger partial charge in [-0.3, -0.25) is 4.79 Å². The highest BCUT2D eigenvalue weighted by atomic mass is 16.3. The minimum atomic E-state index is -1.29. The topological polar surface area (TPSA) is 110 Å². The number of aliphatic hydroxyl groups is 4. The second kappa shape index (κ2) is 45.6. The maximum Gasteiger partial charge on any atom is 0.249 e. The van der Waals surface area contributed by atoms with E-state index < -0.39 is 36.9 Å². The molecule has 0 aromatic rings. The molecule has 0 aromatic heterocycles. The first-order valence-corrected chi connectivity index (χ1v) is 24.9. The van der Waals surface area contributed by atoms with Crippen molar-refractivity contribution < 1.29 is 25.2 Å². The molecule has 0 rings (SSSR count). The second-order valence-corrected chi connectivity index (χ2v) is 17.1. The fourth-order valence-corrected chi connectivity index (χ4v) is 7.58. The molecule has 0 aliphatic rings. The molecule has 0 bridgehead atoms. The van der Waals surface area contributed by atoms with Crippen molar-refractivity contribution in [3.8, 4) is 0 Å². The number of aliphatic hydroxyl groups excluding tert-OH is 4. The van der Waals surface area contributed by atoms with Crippen molar-refractivity contribution in [2.75, 3.05) is 6.61 Å². The number of carbonyl (C=O) groups excluding carboxylic acids is 1. The number of carbonyl (C=O) groups is 1. The molecule has 0 aliphatic carbocycles.